The Kier molecular flexibility index (Phi) is 5.16. The number of methoxy groups -OCH3 is 1. The number of carbonyl (C=O) groups excluding carboxylic acids is 1. The minimum Gasteiger partial charge on any atom is -0.497 e. The number of thiophene rings is 1. The fraction of sp³-hybridized carbons (Fsp3) is 0.150. The Bertz CT molecular complexity index is 923. The maximum absolute atomic E-state index is 11.9. The Morgan fingerprint density at radius 1 is 1.00 bits per heavy atom. The first-order valence-corrected chi connectivity index (χ1v) is 10.1. The Labute approximate surface area is 153 Å². The van der Waals surface area contributed by atoms with Crippen molar-refractivity contribution in [2.75, 3.05) is 13.4 Å². The molecule has 3 aromatic rings. The summed E-state index contributed by atoms with van der Waals surface area (Å²) >= 11 is 1.49. The average molecular weight is 370 g/mol. The number of carbonyl (C=O) groups is 1. The lowest BCUT2D eigenvalue weighted by Crippen LogP contribution is -1.87. The largest absolute Gasteiger partial charge is 0.497 e. The van der Waals surface area contributed by atoms with E-state index in [1.54, 1.807) is 20.3 Å². The van der Waals surface area contributed by atoms with E-state index in [1.807, 2.05) is 54.6 Å². The van der Waals surface area contributed by atoms with Gasteiger partial charge >= 0.3 is 0 Å². The van der Waals surface area contributed by atoms with Crippen LogP contribution in [0.25, 0.3) is 21.6 Å². The highest BCUT2D eigenvalue weighted by molar-refractivity contribution is 7.84. The van der Waals surface area contributed by atoms with Gasteiger partial charge in [0, 0.05) is 32.4 Å². The molecule has 1 atom stereocenters. The number of Topliss-reactive ketones (excluding diaryl/α,β-unsaturated/α-hetero) is 1. The van der Waals surface area contributed by atoms with E-state index in [2.05, 4.69) is 0 Å². The van der Waals surface area contributed by atoms with E-state index in [4.69, 9.17) is 4.74 Å². The molecule has 3 nitrogen and oxygen atoms in total. The van der Waals surface area contributed by atoms with Crippen LogP contribution in [0.5, 0.6) is 5.75 Å². The Hall–Kier alpha value is -2.24. The molecule has 1 heterocycles. The molecule has 0 aliphatic carbocycles. The number of hydrogen-bond donors (Lipinski definition) is 0. The number of hydrogen-bond acceptors (Lipinski definition) is 4. The molecule has 0 amide bonds. The van der Waals surface area contributed by atoms with Crippen LogP contribution in [0.4, 0.5) is 0 Å². The van der Waals surface area contributed by atoms with Crippen LogP contribution in [0.3, 0.4) is 0 Å². The van der Waals surface area contributed by atoms with Crippen LogP contribution < -0.4 is 4.74 Å². The first-order chi connectivity index (χ1) is 12.0. The number of rotatable bonds is 5. The molecule has 5 heteroatoms. The Morgan fingerprint density at radius 2 is 1.60 bits per heavy atom. The van der Waals surface area contributed by atoms with Crippen molar-refractivity contribution in [1.29, 1.82) is 0 Å². The predicted molar refractivity (Wildman–Crippen MR) is 104 cm³/mol. The lowest BCUT2D eigenvalue weighted by atomic mass is 10.0. The monoisotopic (exact) mass is 370 g/mol. The fourth-order valence-corrected chi connectivity index (χ4v) is 4.16. The van der Waals surface area contributed by atoms with Crippen molar-refractivity contribution in [3.63, 3.8) is 0 Å². The van der Waals surface area contributed by atoms with Gasteiger partial charge in [-0.2, -0.15) is 0 Å². The molecular weight excluding hydrogens is 352 g/mol. The zero-order valence-electron chi connectivity index (χ0n) is 14.2. The quantitative estimate of drug-likeness (QED) is 0.592. The smallest absolute Gasteiger partial charge is 0.169 e. The van der Waals surface area contributed by atoms with Crippen molar-refractivity contribution in [2.24, 2.45) is 0 Å². The lowest BCUT2D eigenvalue weighted by molar-refractivity contribution is 0.102. The molecule has 0 aliphatic rings. The second-order valence-corrected chi connectivity index (χ2v) is 8.05. The fourth-order valence-electron chi connectivity index (χ4n) is 2.56. The van der Waals surface area contributed by atoms with Crippen molar-refractivity contribution >= 4 is 27.9 Å². The van der Waals surface area contributed by atoms with E-state index >= 15 is 0 Å². The van der Waals surface area contributed by atoms with Gasteiger partial charge in [-0.1, -0.05) is 12.1 Å². The van der Waals surface area contributed by atoms with E-state index in [9.17, 15) is 9.00 Å². The molecule has 0 saturated heterocycles. The van der Waals surface area contributed by atoms with Crippen molar-refractivity contribution in [2.45, 2.75) is 11.8 Å². The summed E-state index contributed by atoms with van der Waals surface area (Å²) in [6.07, 6.45) is 1.66. The summed E-state index contributed by atoms with van der Waals surface area (Å²) in [6.45, 7) is 1.58. The summed E-state index contributed by atoms with van der Waals surface area (Å²) in [4.78, 5) is 14.4. The van der Waals surface area contributed by atoms with Crippen LogP contribution in [-0.4, -0.2) is 23.4 Å². The van der Waals surface area contributed by atoms with Crippen molar-refractivity contribution < 1.29 is 13.7 Å². The topological polar surface area (TPSA) is 43.4 Å². The summed E-state index contributed by atoms with van der Waals surface area (Å²) < 4.78 is 16.8. The van der Waals surface area contributed by atoms with Gasteiger partial charge in [0.15, 0.2) is 5.78 Å². The zero-order chi connectivity index (χ0) is 18.0. The molecule has 0 aliphatic heterocycles. The second-order valence-electron chi connectivity index (χ2n) is 5.62. The standard InChI is InChI=1S/C20H18O3S2/c1-13(21)19-12-18(14-6-10-17(11-7-14)25(3)22)20(24-19)15-4-8-16(23-2)9-5-15/h4-12H,1-3H3. The molecule has 0 radical (unpaired) electrons. The molecule has 1 aromatic heterocycles. The van der Waals surface area contributed by atoms with E-state index < -0.39 is 10.8 Å². The lowest BCUT2D eigenvalue weighted by Gasteiger charge is -2.06. The normalized spacial score (nSPS) is 12.0. The molecule has 2 aromatic carbocycles. The summed E-state index contributed by atoms with van der Waals surface area (Å²) in [6, 6.07) is 17.4. The Morgan fingerprint density at radius 3 is 2.12 bits per heavy atom. The maximum Gasteiger partial charge on any atom is 0.169 e. The molecule has 128 valence electrons. The van der Waals surface area contributed by atoms with E-state index in [-0.39, 0.29) is 5.78 Å². The molecule has 0 bridgehead atoms. The van der Waals surface area contributed by atoms with Gasteiger partial charge < -0.3 is 4.74 Å². The summed E-state index contributed by atoms with van der Waals surface area (Å²) in [7, 11) is 0.631. The third-order valence-electron chi connectivity index (χ3n) is 3.93. The van der Waals surface area contributed by atoms with Gasteiger partial charge in [-0.15, -0.1) is 11.3 Å². The molecule has 1 unspecified atom stereocenters. The predicted octanol–water partition coefficient (Wildman–Crippen LogP) is 5.03. The van der Waals surface area contributed by atoms with Crippen LogP contribution in [0.1, 0.15) is 16.6 Å². The third-order valence-corrected chi connectivity index (χ3v) is 6.15. The average Bonchev–Trinajstić information content (AvgIpc) is 3.07. The van der Waals surface area contributed by atoms with Gasteiger partial charge in [-0.25, -0.2) is 0 Å². The molecule has 0 N–H and O–H groups in total. The highest BCUT2D eigenvalue weighted by atomic mass is 32.2. The minimum absolute atomic E-state index is 0.0530. The van der Waals surface area contributed by atoms with Gasteiger partial charge in [0.1, 0.15) is 5.75 Å². The molecule has 25 heavy (non-hydrogen) atoms. The molecule has 0 fully saturated rings. The van der Waals surface area contributed by atoms with Crippen LogP contribution >= 0.6 is 11.3 Å². The Balaban J connectivity index is 2.11. The van der Waals surface area contributed by atoms with Gasteiger partial charge in [0.25, 0.3) is 0 Å². The number of benzene rings is 2. The van der Waals surface area contributed by atoms with Gasteiger partial charge in [0.2, 0.25) is 0 Å². The third kappa shape index (κ3) is 3.72. The molecule has 0 saturated carbocycles. The van der Waals surface area contributed by atoms with E-state index in [1.165, 1.54) is 11.3 Å². The van der Waals surface area contributed by atoms with Gasteiger partial charge in [-0.3, -0.25) is 9.00 Å². The first kappa shape index (κ1) is 17.6. The van der Waals surface area contributed by atoms with Crippen LogP contribution in [0.15, 0.2) is 59.5 Å². The number of ether oxygens (including phenoxy) is 1. The summed E-state index contributed by atoms with van der Waals surface area (Å²) in [5.41, 5.74) is 3.05. The molecular formula is C20H18O3S2. The summed E-state index contributed by atoms with van der Waals surface area (Å²) in [5, 5.41) is 0. The van der Waals surface area contributed by atoms with Crippen LogP contribution in [-0.2, 0) is 10.8 Å². The number of ketones is 1. The zero-order valence-corrected chi connectivity index (χ0v) is 15.9. The van der Waals surface area contributed by atoms with E-state index in [0.717, 1.165) is 37.1 Å². The van der Waals surface area contributed by atoms with Crippen LogP contribution in [0.2, 0.25) is 0 Å². The van der Waals surface area contributed by atoms with E-state index in [0.29, 0.717) is 0 Å². The summed E-state index contributed by atoms with van der Waals surface area (Å²) in [5.74, 6) is 0.848. The van der Waals surface area contributed by atoms with Crippen LogP contribution in [0, 0.1) is 0 Å². The van der Waals surface area contributed by atoms with Crippen molar-refractivity contribution in [1.82, 2.24) is 0 Å². The van der Waals surface area contributed by atoms with Crippen molar-refractivity contribution in [3.05, 3.63) is 59.5 Å². The molecule has 3 rings (SSSR count). The second kappa shape index (κ2) is 7.33. The minimum atomic E-state index is -1.01. The highest BCUT2D eigenvalue weighted by Crippen LogP contribution is 2.40. The SMILES string of the molecule is COc1ccc(-c2sc(C(C)=O)cc2-c2ccc(S(C)=O)cc2)cc1. The van der Waals surface area contributed by atoms with Crippen molar-refractivity contribution in [3.8, 4) is 27.3 Å². The van der Waals surface area contributed by atoms with Gasteiger partial charge in [-0.05, 0) is 60.5 Å². The maximum atomic E-state index is 11.9. The van der Waals surface area contributed by atoms with Gasteiger partial charge in [0.05, 0.1) is 12.0 Å². The molecule has 0 spiro atoms. The highest BCUT2D eigenvalue weighted by Gasteiger charge is 2.15. The first-order valence-electron chi connectivity index (χ1n) is 7.72.